The van der Waals surface area contributed by atoms with Gasteiger partial charge in [0, 0.05) is 59.8 Å². The summed E-state index contributed by atoms with van der Waals surface area (Å²) in [5.74, 6) is 1.27. The number of rotatable bonds is 6. The smallest absolute Gasteiger partial charge is 0.267 e. The fourth-order valence-electron chi connectivity index (χ4n) is 5.60. The van der Waals surface area contributed by atoms with Gasteiger partial charge in [0.05, 0.1) is 5.52 Å². The number of nitrogens with one attached hydrogen (secondary N) is 1. The van der Waals surface area contributed by atoms with Crippen LogP contribution in [0.5, 0.6) is 0 Å². The highest BCUT2D eigenvalue weighted by atomic mass is 32.2. The summed E-state index contributed by atoms with van der Waals surface area (Å²) >= 11 is 0. The highest BCUT2D eigenvalue weighted by Gasteiger charge is 2.43. The molecule has 2 aliphatic rings. The number of nitrogens with two attached hydrogens (primary N) is 1. The number of para-hydroxylation sites is 1. The molecule has 1 unspecified atom stereocenters. The Kier molecular flexibility index (Phi) is 6.39. The van der Waals surface area contributed by atoms with Crippen molar-refractivity contribution in [2.75, 3.05) is 40.7 Å². The van der Waals surface area contributed by atoms with Crippen molar-refractivity contribution in [3.05, 3.63) is 72.6 Å². The Hall–Kier alpha value is -3.76. The molecule has 202 valence electrons. The molecule has 4 heterocycles. The van der Waals surface area contributed by atoms with Crippen LogP contribution in [0.25, 0.3) is 10.9 Å². The highest BCUT2D eigenvalue weighted by molar-refractivity contribution is 7.93. The molecule has 0 spiro atoms. The topological polar surface area (TPSA) is 117 Å². The van der Waals surface area contributed by atoms with E-state index in [9.17, 15) is 8.42 Å². The Morgan fingerprint density at radius 1 is 1.08 bits per heavy atom. The number of aromatic nitrogens is 3. The van der Waals surface area contributed by atoms with Crippen molar-refractivity contribution in [2.24, 2.45) is 11.7 Å². The summed E-state index contributed by atoms with van der Waals surface area (Å²) in [7, 11) is -3.93. The number of piperidine rings is 1. The van der Waals surface area contributed by atoms with Crippen LogP contribution in [0, 0.1) is 5.92 Å². The molecule has 1 saturated heterocycles. The summed E-state index contributed by atoms with van der Waals surface area (Å²) < 4.78 is 29.4. The predicted octanol–water partition coefficient (Wildman–Crippen LogP) is 4.43. The van der Waals surface area contributed by atoms with Crippen LogP contribution in [0.2, 0.25) is 0 Å². The fourth-order valence-corrected chi connectivity index (χ4v) is 7.36. The van der Waals surface area contributed by atoms with E-state index in [1.807, 2.05) is 38.1 Å². The monoisotopic (exact) mass is 543 g/mol. The molecule has 0 radical (unpaired) electrons. The molecule has 39 heavy (non-hydrogen) atoms. The molecule has 0 aliphatic carbocycles. The summed E-state index contributed by atoms with van der Waals surface area (Å²) in [5, 5.41) is 4.03. The van der Waals surface area contributed by atoms with Crippen LogP contribution in [-0.4, -0.2) is 49.5 Å². The van der Waals surface area contributed by atoms with E-state index in [2.05, 4.69) is 32.3 Å². The van der Waals surface area contributed by atoms with Gasteiger partial charge in [-0.25, -0.2) is 17.7 Å². The van der Waals surface area contributed by atoms with Crippen LogP contribution in [0.15, 0.2) is 71.9 Å². The Bertz CT molecular complexity index is 1620. The van der Waals surface area contributed by atoms with Gasteiger partial charge in [-0.05, 0) is 61.7 Å². The molecule has 9 nitrogen and oxygen atoms in total. The van der Waals surface area contributed by atoms with Gasteiger partial charge in [0.15, 0.2) is 5.82 Å². The lowest BCUT2D eigenvalue weighted by molar-refractivity contribution is 0.423. The number of sulfonamides is 1. The van der Waals surface area contributed by atoms with Crippen LogP contribution >= 0.6 is 0 Å². The third-order valence-corrected chi connectivity index (χ3v) is 9.55. The lowest BCUT2D eigenvalue weighted by Crippen LogP contribution is -2.38. The molecule has 2 aromatic carbocycles. The first-order chi connectivity index (χ1) is 18.8. The average Bonchev–Trinajstić information content (AvgIpc) is 3.23. The van der Waals surface area contributed by atoms with Gasteiger partial charge in [0.25, 0.3) is 10.0 Å². The van der Waals surface area contributed by atoms with Crippen molar-refractivity contribution in [3.8, 4) is 0 Å². The largest absolute Gasteiger partial charge is 0.371 e. The maximum atomic E-state index is 14.0. The lowest BCUT2D eigenvalue weighted by atomic mass is 9.89. The van der Waals surface area contributed by atoms with Crippen molar-refractivity contribution in [1.29, 1.82) is 0 Å². The molecule has 1 fully saturated rings. The molecule has 0 amide bonds. The number of fused-ring (bicyclic) bond motifs is 2. The van der Waals surface area contributed by atoms with Crippen molar-refractivity contribution in [3.63, 3.8) is 0 Å². The quantitative estimate of drug-likeness (QED) is 0.367. The van der Waals surface area contributed by atoms with E-state index < -0.39 is 15.4 Å². The van der Waals surface area contributed by atoms with Gasteiger partial charge in [0.2, 0.25) is 5.95 Å². The standard InChI is InChI=1S/C29H33N7O2S/c1-29(2)19-36(39(37,38)25-9-3-7-21-8-4-14-31-26(21)25)27-24(29)17-32-28(34-27)33-22-10-12-23(13-11-22)35-15-5-6-20(16-30)18-35/h3-4,7-14,17,20H,5-6,15-16,18-19,30H2,1-2H3,(H,32,33,34). The molecule has 4 aromatic rings. The SMILES string of the molecule is CC1(C)CN(S(=O)(=O)c2cccc3cccnc23)c2nc(Nc3ccc(N4CCCC(CN)C4)cc3)ncc21. The second-order valence-electron chi connectivity index (χ2n) is 11.0. The summed E-state index contributed by atoms with van der Waals surface area (Å²) in [6.07, 6.45) is 5.68. The maximum Gasteiger partial charge on any atom is 0.267 e. The van der Waals surface area contributed by atoms with Crippen molar-refractivity contribution in [2.45, 2.75) is 37.0 Å². The normalized spacial score (nSPS) is 18.8. The molecule has 3 N–H and O–H groups in total. The van der Waals surface area contributed by atoms with E-state index >= 15 is 0 Å². The number of anilines is 4. The Morgan fingerprint density at radius 3 is 2.67 bits per heavy atom. The minimum Gasteiger partial charge on any atom is -0.371 e. The van der Waals surface area contributed by atoms with Crippen LogP contribution in [0.1, 0.15) is 32.3 Å². The van der Waals surface area contributed by atoms with Gasteiger partial charge in [-0.1, -0.05) is 32.0 Å². The maximum absolute atomic E-state index is 14.0. The van der Waals surface area contributed by atoms with Gasteiger partial charge in [-0.15, -0.1) is 0 Å². The minimum atomic E-state index is -3.93. The molecular formula is C29H33N7O2S. The first kappa shape index (κ1) is 25.5. The number of nitrogens with zero attached hydrogens (tertiary/aromatic N) is 5. The Labute approximate surface area is 229 Å². The number of benzene rings is 2. The van der Waals surface area contributed by atoms with E-state index in [0.29, 0.717) is 29.7 Å². The zero-order valence-corrected chi connectivity index (χ0v) is 23.0. The second kappa shape index (κ2) is 9.77. The first-order valence-electron chi connectivity index (χ1n) is 13.3. The third kappa shape index (κ3) is 4.68. The Morgan fingerprint density at radius 2 is 1.87 bits per heavy atom. The number of hydrogen-bond acceptors (Lipinski definition) is 8. The van der Waals surface area contributed by atoms with Crippen LogP contribution in [-0.2, 0) is 15.4 Å². The summed E-state index contributed by atoms with van der Waals surface area (Å²) in [6.45, 7) is 7.00. The minimum absolute atomic E-state index is 0.169. The van der Waals surface area contributed by atoms with Gasteiger partial charge in [-0.3, -0.25) is 4.98 Å². The highest BCUT2D eigenvalue weighted by Crippen LogP contribution is 2.42. The molecule has 1 atom stereocenters. The number of pyridine rings is 1. The molecule has 10 heteroatoms. The lowest BCUT2D eigenvalue weighted by Gasteiger charge is -2.34. The van der Waals surface area contributed by atoms with Gasteiger partial charge in [0.1, 0.15) is 4.90 Å². The summed E-state index contributed by atoms with van der Waals surface area (Å²) in [5.41, 5.74) is 8.69. The average molecular weight is 544 g/mol. The molecule has 2 aliphatic heterocycles. The van der Waals surface area contributed by atoms with E-state index in [1.165, 1.54) is 10.7 Å². The first-order valence-corrected chi connectivity index (χ1v) is 14.8. The van der Waals surface area contributed by atoms with Gasteiger partial charge < -0.3 is 16.0 Å². The van der Waals surface area contributed by atoms with Gasteiger partial charge in [-0.2, -0.15) is 4.98 Å². The zero-order valence-electron chi connectivity index (χ0n) is 22.2. The molecule has 0 saturated carbocycles. The molecule has 6 rings (SSSR count). The molecule has 2 aromatic heterocycles. The Balaban J connectivity index is 1.29. The second-order valence-corrected chi connectivity index (χ2v) is 12.9. The predicted molar refractivity (Wildman–Crippen MR) is 155 cm³/mol. The van der Waals surface area contributed by atoms with Crippen LogP contribution < -0.4 is 20.3 Å². The van der Waals surface area contributed by atoms with Crippen LogP contribution in [0.4, 0.5) is 23.1 Å². The van der Waals surface area contributed by atoms with Crippen LogP contribution in [0.3, 0.4) is 0 Å². The van der Waals surface area contributed by atoms with Crippen molar-refractivity contribution in [1.82, 2.24) is 15.0 Å². The van der Waals surface area contributed by atoms with Crippen molar-refractivity contribution < 1.29 is 8.42 Å². The zero-order chi connectivity index (χ0) is 27.2. The van der Waals surface area contributed by atoms with Gasteiger partial charge >= 0.3 is 0 Å². The van der Waals surface area contributed by atoms with E-state index in [-0.39, 0.29) is 11.4 Å². The molecular weight excluding hydrogens is 510 g/mol. The number of hydrogen-bond donors (Lipinski definition) is 2. The summed E-state index contributed by atoms with van der Waals surface area (Å²) in [4.78, 5) is 16.2. The third-order valence-electron chi connectivity index (χ3n) is 7.78. The van der Waals surface area contributed by atoms with E-state index in [1.54, 1.807) is 30.6 Å². The summed E-state index contributed by atoms with van der Waals surface area (Å²) in [6, 6.07) is 17.0. The molecule has 0 bridgehead atoms. The van der Waals surface area contributed by atoms with E-state index in [0.717, 1.165) is 41.8 Å². The fraction of sp³-hybridized carbons (Fsp3) is 0.345. The van der Waals surface area contributed by atoms with Crippen molar-refractivity contribution >= 4 is 44.1 Å². The van der Waals surface area contributed by atoms with E-state index in [4.69, 9.17) is 10.7 Å².